The van der Waals surface area contributed by atoms with E-state index >= 15 is 0 Å². The van der Waals surface area contributed by atoms with Crippen molar-refractivity contribution in [3.05, 3.63) is 60.8 Å². The van der Waals surface area contributed by atoms with Gasteiger partial charge in [0.25, 0.3) is 0 Å². The fourth-order valence-electron chi connectivity index (χ4n) is 3.94. The van der Waals surface area contributed by atoms with Crippen LogP contribution >= 0.6 is 7.82 Å². The summed E-state index contributed by atoms with van der Waals surface area (Å²) >= 11 is 0. The number of carbonyl (C=O) groups is 2. The number of nitrogens with two attached hydrogens (primary N) is 1. The fraction of sp³-hybridized carbons (Fsp3) is 0.657. The van der Waals surface area contributed by atoms with Crippen LogP contribution < -0.4 is 5.73 Å². The molecule has 0 aromatic carbocycles. The molecule has 0 aliphatic heterocycles. The summed E-state index contributed by atoms with van der Waals surface area (Å²) in [7, 11) is -4.39. The molecule has 2 unspecified atom stereocenters. The largest absolute Gasteiger partial charge is 0.472 e. The second kappa shape index (κ2) is 31.7. The zero-order valence-corrected chi connectivity index (χ0v) is 28.7. The summed E-state index contributed by atoms with van der Waals surface area (Å²) in [6, 6.07) is 0. The molecule has 3 N–H and O–H groups in total. The van der Waals surface area contributed by atoms with Gasteiger partial charge in [0.2, 0.25) is 0 Å². The van der Waals surface area contributed by atoms with Crippen LogP contribution in [0.4, 0.5) is 0 Å². The van der Waals surface area contributed by atoms with Gasteiger partial charge in [-0.1, -0.05) is 107 Å². The van der Waals surface area contributed by atoms with Gasteiger partial charge in [-0.25, -0.2) is 4.57 Å². The number of carbonyl (C=O) groups excluding carboxylic acids is 2. The average Bonchev–Trinajstić information content (AvgIpc) is 3.02. The van der Waals surface area contributed by atoms with Crippen molar-refractivity contribution >= 4 is 19.8 Å². The number of unbranched alkanes of at least 4 members (excludes halogenated alkanes) is 7. The highest BCUT2D eigenvalue weighted by Crippen LogP contribution is 2.43. The molecular weight excluding hydrogens is 593 g/mol. The summed E-state index contributed by atoms with van der Waals surface area (Å²) in [5.41, 5.74) is 5.30. The van der Waals surface area contributed by atoms with Gasteiger partial charge in [0.15, 0.2) is 6.10 Å². The number of phosphoric ester groups is 1. The van der Waals surface area contributed by atoms with Crippen molar-refractivity contribution in [1.82, 2.24) is 0 Å². The molecule has 0 aromatic heterocycles. The molecule has 10 heteroatoms. The first kappa shape index (κ1) is 42.7. The van der Waals surface area contributed by atoms with Crippen LogP contribution in [0.3, 0.4) is 0 Å². The maximum Gasteiger partial charge on any atom is 0.472 e. The minimum Gasteiger partial charge on any atom is -0.462 e. The van der Waals surface area contributed by atoms with Crippen LogP contribution in [-0.4, -0.2) is 49.3 Å². The number of phosphoric acid groups is 1. The Labute approximate surface area is 272 Å². The van der Waals surface area contributed by atoms with E-state index in [1.54, 1.807) is 0 Å². The molecule has 0 radical (unpaired) electrons. The summed E-state index contributed by atoms with van der Waals surface area (Å²) < 4.78 is 32.4. The molecule has 0 fully saturated rings. The zero-order chi connectivity index (χ0) is 33.3. The Hall–Kier alpha value is -2.29. The van der Waals surface area contributed by atoms with Gasteiger partial charge in [0, 0.05) is 19.4 Å². The highest BCUT2D eigenvalue weighted by atomic mass is 31.2. The van der Waals surface area contributed by atoms with Crippen molar-refractivity contribution in [3.8, 4) is 0 Å². The lowest BCUT2D eigenvalue weighted by atomic mass is 10.1. The first-order valence-electron chi connectivity index (χ1n) is 16.8. The summed E-state index contributed by atoms with van der Waals surface area (Å²) in [6.45, 7) is 3.43. The Kier molecular flexibility index (Phi) is 30.1. The number of ether oxygens (including phenoxy) is 2. The summed E-state index contributed by atoms with van der Waals surface area (Å²) in [5, 5.41) is 0. The standard InChI is InChI=1S/C35H60NO8P/c1-3-5-7-9-11-13-15-16-18-20-22-24-26-28-35(38)44-33(32-43-45(39,40)42-30-29-36)31-41-34(37)27-25-23-21-19-17-14-12-10-8-6-4-2/h6,8,12,14,16,18-19,21-22,24,33H,3-5,7,9-11,13,15,17,20,23,25-32,36H2,1-2H3,(H,39,40)/b8-6+,14-12+,18-16+,21-19+,24-22+. The van der Waals surface area contributed by atoms with Crippen molar-refractivity contribution in [2.75, 3.05) is 26.4 Å². The fourth-order valence-corrected chi connectivity index (χ4v) is 4.71. The second-order valence-corrected chi connectivity index (χ2v) is 12.1. The first-order valence-corrected chi connectivity index (χ1v) is 18.3. The molecule has 0 heterocycles. The van der Waals surface area contributed by atoms with E-state index in [9.17, 15) is 19.0 Å². The van der Waals surface area contributed by atoms with Crippen LogP contribution in [0.2, 0.25) is 0 Å². The molecule has 0 aliphatic carbocycles. The number of hydrogen-bond acceptors (Lipinski definition) is 8. The van der Waals surface area contributed by atoms with Crippen LogP contribution in [0.15, 0.2) is 60.8 Å². The van der Waals surface area contributed by atoms with Crippen molar-refractivity contribution in [3.63, 3.8) is 0 Å². The smallest absolute Gasteiger partial charge is 0.462 e. The quantitative estimate of drug-likeness (QED) is 0.0338. The Morgan fingerprint density at radius 3 is 1.91 bits per heavy atom. The van der Waals surface area contributed by atoms with E-state index in [4.69, 9.17) is 24.3 Å². The molecule has 2 atom stereocenters. The normalized spacial score (nSPS) is 14.3. The molecule has 0 aliphatic rings. The predicted molar refractivity (Wildman–Crippen MR) is 183 cm³/mol. The SMILES string of the molecule is CC/C=C/C/C=C/C/C=C/CCCC(=O)OCC(COP(=O)(O)OCCN)OC(=O)CC/C=C/C/C=C/CCCCCCCC. The van der Waals surface area contributed by atoms with E-state index in [1.165, 1.54) is 38.5 Å². The number of rotatable bonds is 30. The topological polar surface area (TPSA) is 134 Å². The lowest BCUT2D eigenvalue weighted by molar-refractivity contribution is -0.161. The van der Waals surface area contributed by atoms with Gasteiger partial charge < -0.3 is 20.1 Å². The van der Waals surface area contributed by atoms with Crippen LogP contribution in [0.5, 0.6) is 0 Å². The molecule has 0 saturated heterocycles. The third-order valence-corrected chi connectivity index (χ3v) is 7.39. The van der Waals surface area contributed by atoms with Crippen molar-refractivity contribution in [2.24, 2.45) is 5.73 Å². The van der Waals surface area contributed by atoms with Gasteiger partial charge >= 0.3 is 19.8 Å². The molecule has 0 amide bonds. The number of hydrogen-bond donors (Lipinski definition) is 2. The Bertz CT molecular complexity index is 929. The highest BCUT2D eigenvalue weighted by Gasteiger charge is 2.25. The van der Waals surface area contributed by atoms with Gasteiger partial charge in [-0.2, -0.15) is 0 Å². The van der Waals surface area contributed by atoms with Crippen LogP contribution in [0.25, 0.3) is 0 Å². The van der Waals surface area contributed by atoms with Crippen molar-refractivity contribution in [2.45, 2.75) is 123 Å². The van der Waals surface area contributed by atoms with Gasteiger partial charge in [0.05, 0.1) is 13.2 Å². The predicted octanol–water partition coefficient (Wildman–Crippen LogP) is 8.60. The van der Waals surface area contributed by atoms with E-state index in [-0.39, 0.29) is 32.6 Å². The molecule has 0 bridgehead atoms. The Morgan fingerprint density at radius 1 is 0.689 bits per heavy atom. The molecule has 9 nitrogen and oxygen atoms in total. The first-order chi connectivity index (χ1) is 21.8. The monoisotopic (exact) mass is 653 g/mol. The van der Waals surface area contributed by atoms with Gasteiger partial charge in [-0.05, 0) is 57.8 Å². The average molecular weight is 654 g/mol. The third-order valence-electron chi connectivity index (χ3n) is 6.40. The Morgan fingerprint density at radius 2 is 1.27 bits per heavy atom. The van der Waals surface area contributed by atoms with E-state index in [0.29, 0.717) is 12.8 Å². The minimum absolute atomic E-state index is 0.0366. The summed E-state index contributed by atoms with van der Waals surface area (Å²) in [6.07, 6.45) is 34.3. The molecule has 0 saturated carbocycles. The van der Waals surface area contributed by atoms with Gasteiger partial charge in [0.1, 0.15) is 6.61 Å². The van der Waals surface area contributed by atoms with E-state index in [1.807, 2.05) is 18.2 Å². The summed E-state index contributed by atoms with van der Waals surface area (Å²) in [5.74, 6) is -0.981. The molecule has 258 valence electrons. The minimum atomic E-state index is -4.39. The molecule has 0 aromatic rings. The summed E-state index contributed by atoms with van der Waals surface area (Å²) in [4.78, 5) is 34.5. The zero-order valence-electron chi connectivity index (χ0n) is 27.8. The van der Waals surface area contributed by atoms with Crippen LogP contribution in [-0.2, 0) is 32.7 Å². The molecule has 45 heavy (non-hydrogen) atoms. The lowest BCUT2D eigenvalue weighted by Gasteiger charge is -2.19. The highest BCUT2D eigenvalue weighted by molar-refractivity contribution is 7.47. The van der Waals surface area contributed by atoms with E-state index in [0.717, 1.165) is 38.5 Å². The number of allylic oxidation sites excluding steroid dienone is 10. The van der Waals surface area contributed by atoms with Crippen molar-refractivity contribution < 1.29 is 37.6 Å². The maximum absolute atomic E-state index is 12.4. The molecular formula is C35H60NO8P. The molecule has 0 rings (SSSR count). The Balaban J connectivity index is 4.48. The third kappa shape index (κ3) is 31.5. The van der Waals surface area contributed by atoms with Gasteiger partial charge in [-0.3, -0.25) is 18.6 Å². The van der Waals surface area contributed by atoms with Crippen molar-refractivity contribution in [1.29, 1.82) is 0 Å². The van der Waals surface area contributed by atoms with Crippen LogP contribution in [0.1, 0.15) is 117 Å². The second-order valence-electron chi connectivity index (χ2n) is 10.6. The number of esters is 2. The molecule has 0 spiro atoms. The van der Waals surface area contributed by atoms with E-state index < -0.39 is 32.5 Å². The lowest BCUT2D eigenvalue weighted by Crippen LogP contribution is -2.29. The van der Waals surface area contributed by atoms with Gasteiger partial charge in [-0.15, -0.1) is 0 Å². The van der Waals surface area contributed by atoms with E-state index in [2.05, 4.69) is 56.4 Å². The maximum atomic E-state index is 12.4. The van der Waals surface area contributed by atoms with Crippen LogP contribution in [0, 0.1) is 0 Å².